The second-order valence-corrected chi connectivity index (χ2v) is 7.98. The molecule has 1 saturated carbocycles. The number of carboxylic acids is 1. The summed E-state index contributed by atoms with van der Waals surface area (Å²) in [5.74, 6) is -0.887. The second kappa shape index (κ2) is 6.51. The van der Waals surface area contributed by atoms with Gasteiger partial charge in [-0.2, -0.15) is 0 Å². The highest BCUT2D eigenvalue weighted by molar-refractivity contribution is 5.81. The van der Waals surface area contributed by atoms with Crippen molar-refractivity contribution in [2.45, 2.75) is 66.2 Å². The minimum absolute atomic E-state index is 0.213. The Morgan fingerprint density at radius 1 is 1.30 bits per heavy atom. The fourth-order valence-corrected chi connectivity index (χ4v) is 4.05. The number of carboxylic acid groups (broad SMARTS) is 1. The number of rotatable bonds is 6. The smallest absolute Gasteiger partial charge is 0.328 e. The van der Waals surface area contributed by atoms with Crippen molar-refractivity contribution in [2.75, 3.05) is 0 Å². The highest BCUT2D eigenvalue weighted by atomic mass is 16.4. The SMILES string of the molecule is C=C(C1=C(C)CCCC1(C)C)C1(C/C=C/C(C)=C/C(=O)O)CC1. The van der Waals surface area contributed by atoms with E-state index in [0.717, 1.165) is 12.0 Å². The third kappa shape index (κ3) is 4.04. The van der Waals surface area contributed by atoms with E-state index in [-0.39, 0.29) is 10.8 Å². The van der Waals surface area contributed by atoms with Crippen LogP contribution >= 0.6 is 0 Å². The molecule has 0 atom stereocenters. The van der Waals surface area contributed by atoms with E-state index in [1.807, 2.05) is 13.0 Å². The molecule has 2 nitrogen and oxygen atoms in total. The summed E-state index contributed by atoms with van der Waals surface area (Å²) < 4.78 is 0. The third-order valence-corrected chi connectivity index (χ3v) is 5.49. The van der Waals surface area contributed by atoms with E-state index in [4.69, 9.17) is 5.11 Å². The van der Waals surface area contributed by atoms with Crippen molar-refractivity contribution in [3.63, 3.8) is 0 Å². The van der Waals surface area contributed by atoms with Crippen LogP contribution in [0, 0.1) is 10.8 Å². The molecule has 2 heteroatoms. The first-order chi connectivity index (χ1) is 10.7. The van der Waals surface area contributed by atoms with E-state index < -0.39 is 5.97 Å². The van der Waals surface area contributed by atoms with Gasteiger partial charge in [-0.3, -0.25) is 0 Å². The van der Waals surface area contributed by atoms with Gasteiger partial charge in [-0.25, -0.2) is 4.79 Å². The molecule has 0 saturated heterocycles. The molecule has 0 spiro atoms. The summed E-state index contributed by atoms with van der Waals surface area (Å²) in [6.07, 6.45) is 12.4. The quantitative estimate of drug-likeness (QED) is 0.495. The molecule has 1 fully saturated rings. The molecule has 2 rings (SSSR count). The van der Waals surface area contributed by atoms with Crippen LogP contribution in [0.25, 0.3) is 0 Å². The Bertz CT molecular complexity index is 595. The van der Waals surface area contributed by atoms with Crippen molar-refractivity contribution in [2.24, 2.45) is 10.8 Å². The largest absolute Gasteiger partial charge is 0.478 e. The number of hydrogen-bond acceptors (Lipinski definition) is 1. The normalized spacial score (nSPS) is 23.2. The molecule has 0 amide bonds. The standard InChI is InChI=1S/C21H30O2/c1-15(14-18(22)23)8-6-11-21(12-13-21)17(3)19-16(2)9-7-10-20(19,4)5/h6,8,14H,3,7,9-13H2,1-2,4-5H3,(H,22,23)/b8-6+,15-14+. The minimum Gasteiger partial charge on any atom is -0.478 e. The van der Waals surface area contributed by atoms with Crippen LogP contribution in [0.2, 0.25) is 0 Å². The Kier molecular flexibility index (Phi) is 5.03. The average molecular weight is 314 g/mol. The van der Waals surface area contributed by atoms with Crippen LogP contribution in [0.4, 0.5) is 0 Å². The molecule has 0 heterocycles. The van der Waals surface area contributed by atoms with Gasteiger partial charge < -0.3 is 5.11 Å². The number of allylic oxidation sites excluding steroid dienone is 6. The summed E-state index contributed by atoms with van der Waals surface area (Å²) >= 11 is 0. The molecule has 1 N–H and O–H groups in total. The Hall–Kier alpha value is -1.57. The van der Waals surface area contributed by atoms with Gasteiger partial charge in [0, 0.05) is 6.08 Å². The van der Waals surface area contributed by atoms with E-state index in [1.54, 1.807) is 0 Å². The van der Waals surface area contributed by atoms with Crippen LogP contribution in [0.1, 0.15) is 66.2 Å². The van der Waals surface area contributed by atoms with Crippen LogP contribution in [0.15, 0.2) is 47.1 Å². The maximum atomic E-state index is 10.7. The minimum atomic E-state index is -0.887. The lowest BCUT2D eigenvalue weighted by molar-refractivity contribution is -0.131. The van der Waals surface area contributed by atoms with Gasteiger partial charge in [0.25, 0.3) is 0 Å². The first kappa shape index (κ1) is 17.8. The van der Waals surface area contributed by atoms with Crippen LogP contribution in [0.5, 0.6) is 0 Å². The van der Waals surface area contributed by atoms with E-state index in [9.17, 15) is 4.79 Å². The maximum absolute atomic E-state index is 10.7. The van der Waals surface area contributed by atoms with Gasteiger partial charge >= 0.3 is 5.97 Å². The van der Waals surface area contributed by atoms with Crippen molar-refractivity contribution in [3.8, 4) is 0 Å². The molecule has 23 heavy (non-hydrogen) atoms. The summed E-state index contributed by atoms with van der Waals surface area (Å²) in [4.78, 5) is 10.7. The topological polar surface area (TPSA) is 37.3 Å². The summed E-state index contributed by atoms with van der Waals surface area (Å²) in [6.45, 7) is 13.3. The van der Waals surface area contributed by atoms with E-state index in [0.29, 0.717) is 0 Å². The van der Waals surface area contributed by atoms with Crippen LogP contribution in [-0.2, 0) is 4.79 Å². The fourth-order valence-electron chi connectivity index (χ4n) is 4.05. The van der Waals surface area contributed by atoms with Gasteiger partial charge in [-0.05, 0) is 79.9 Å². The second-order valence-electron chi connectivity index (χ2n) is 7.98. The summed E-state index contributed by atoms with van der Waals surface area (Å²) in [7, 11) is 0. The van der Waals surface area contributed by atoms with E-state index >= 15 is 0 Å². The molecule has 0 aromatic heterocycles. The Labute approximate surface area is 140 Å². The van der Waals surface area contributed by atoms with Gasteiger partial charge in [0.1, 0.15) is 0 Å². The van der Waals surface area contributed by atoms with E-state index in [1.165, 1.54) is 54.9 Å². The first-order valence-corrected chi connectivity index (χ1v) is 8.66. The molecule has 0 aromatic carbocycles. The number of carbonyl (C=O) groups is 1. The molecule has 0 unspecified atom stereocenters. The van der Waals surface area contributed by atoms with Crippen molar-refractivity contribution in [1.82, 2.24) is 0 Å². The molecule has 2 aliphatic carbocycles. The zero-order valence-electron chi connectivity index (χ0n) is 15.0. The van der Waals surface area contributed by atoms with Crippen molar-refractivity contribution in [3.05, 3.63) is 47.1 Å². The van der Waals surface area contributed by atoms with Gasteiger partial charge in [0.2, 0.25) is 0 Å². The number of hydrogen-bond donors (Lipinski definition) is 1. The van der Waals surface area contributed by atoms with Gasteiger partial charge in [-0.15, -0.1) is 0 Å². The Morgan fingerprint density at radius 2 is 1.96 bits per heavy atom. The Balaban J connectivity index is 2.13. The average Bonchev–Trinajstić information content (AvgIpc) is 3.17. The lowest BCUT2D eigenvalue weighted by Crippen LogP contribution is -2.24. The summed E-state index contributed by atoms with van der Waals surface area (Å²) in [5, 5.41) is 8.77. The fraction of sp³-hybridized carbons (Fsp3) is 0.571. The van der Waals surface area contributed by atoms with Crippen molar-refractivity contribution in [1.29, 1.82) is 0 Å². The lowest BCUT2D eigenvalue weighted by atomic mass is 9.67. The Morgan fingerprint density at radius 3 is 2.48 bits per heavy atom. The lowest BCUT2D eigenvalue weighted by Gasteiger charge is -2.38. The predicted octanol–water partition coefficient (Wildman–Crippen LogP) is 5.83. The van der Waals surface area contributed by atoms with Crippen LogP contribution in [0.3, 0.4) is 0 Å². The molecular formula is C21H30O2. The highest BCUT2D eigenvalue weighted by Gasteiger charge is 2.47. The molecular weight excluding hydrogens is 284 g/mol. The van der Waals surface area contributed by atoms with Crippen molar-refractivity contribution < 1.29 is 9.90 Å². The zero-order valence-corrected chi connectivity index (χ0v) is 15.0. The first-order valence-electron chi connectivity index (χ1n) is 8.66. The van der Waals surface area contributed by atoms with Crippen LogP contribution < -0.4 is 0 Å². The highest BCUT2D eigenvalue weighted by Crippen LogP contribution is 2.60. The summed E-state index contributed by atoms with van der Waals surface area (Å²) in [6, 6.07) is 0. The molecule has 0 bridgehead atoms. The summed E-state index contributed by atoms with van der Waals surface area (Å²) in [5.41, 5.74) is 5.59. The molecule has 0 radical (unpaired) electrons. The van der Waals surface area contributed by atoms with Gasteiger partial charge in [0.15, 0.2) is 0 Å². The molecule has 0 aromatic rings. The molecule has 0 aliphatic heterocycles. The predicted molar refractivity (Wildman–Crippen MR) is 96.3 cm³/mol. The van der Waals surface area contributed by atoms with Gasteiger partial charge in [-0.1, -0.05) is 38.2 Å². The zero-order chi connectivity index (χ0) is 17.3. The molecule has 2 aliphatic rings. The van der Waals surface area contributed by atoms with Crippen molar-refractivity contribution >= 4 is 5.97 Å². The third-order valence-electron chi connectivity index (χ3n) is 5.49. The van der Waals surface area contributed by atoms with Crippen LogP contribution in [-0.4, -0.2) is 11.1 Å². The molecule has 126 valence electrons. The van der Waals surface area contributed by atoms with Gasteiger partial charge in [0.05, 0.1) is 0 Å². The number of aliphatic carboxylic acids is 1. The maximum Gasteiger partial charge on any atom is 0.328 e. The van der Waals surface area contributed by atoms with E-state index in [2.05, 4.69) is 33.4 Å². The monoisotopic (exact) mass is 314 g/mol.